The van der Waals surface area contributed by atoms with E-state index in [2.05, 4.69) is 4.90 Å². The Morgan fingerprint density at radius 2 is 1.63 bits per heavy atom. The van der Waals surface area contributed by atoms with Crippen LogP contribution in [0.5, 0.6) is 5.75 Å². The monoisotopic (exact) mass is 675 g/mol. The van der Waals surface area contributed by atoms with Crippen LogP contribution in [0.3, 0.4) is 0 Å². The Hall–Kier alpha value is -5.26. The Balaban J connectivity index is 1.10. The SMILES string of the molecule is CCN1CCN(CCOc2ccc(-c3ccc4cc(-c5cn(C)c(=O)c6c5ccn6S(=O)(=O)c5ccc(C)cc5)ccc4n3)cc2)CC1=O. The number of carbonyl (C=O) groups excluding carboxylic acids is 1. The highest BCUT2D eigenvalue weighted by molar-refractivity contribution is 7.90. The highest BCUT2D eigenvalue weighted by atomic mass is 32.2. The van der Waals surface area contributed by atoms with Crippen LogP contribution in [0, 0.1) is 6.92 Å². The van der Waals surface area contributed by atoms with E-state index in [0.717, 1.165) is 68.2 Å². The van der Waals surface area contributed by atoms with Crippen LogP contribution in [-0.4, -0.2) is 77.0 Å². The zero-order chi connectivity index (χ0) is 34.3. The molecule has 0 spiro atoms. The first-order valence-corrected chi connectivity index (χ1v) is 17.7. The number of likely N-dealkylation sites (N-methyl/N-ethyl adjacent to an activating group) is 1. The quantitative estimate of drug-likeness (QED) is 0.205. The van der Waals surface area contributed by atoms with Crippen molar-refractivity contribution in [1.82, 2.24) is 23.3 Å². The van der Waals surface area contributed by atoms with Crippen molar-refractivity contribution in [3.05, 3.63) is 113 Å². The molecular weight excluding hydrogens is 639 g/mol. The Bertz CT molecular complexity index is 2360. The summed E-state index contributed by atoms with van der Waals surface area (Å²) in [4.78, 5) is 34.5. The second-order valence-electron chi connectivity index (χ2n) is 12.4. The van der Waals surface area contributed by atoms with E-state index in [0.29, 0.717) is 25.1 Å². The van der Waals surface area contributed by atoms with Crippen molar-refractivity contribution in [3.63, 3.8) is 0 Å². The molecule has 0 unspecified atom stereocenters. The molecule has 1 saturated heterocycles. The minimum atomic E-state index is -3.99. The van der Waals surface area contributed by atoms with E-state index in [4.69, 9.17) is 9.72 Å². The number of nitrogens with zero attached hydrogens (tertiary/aromatic N) is 5. The Morgan fingerprint density at radius 1 is 0.878 bits per heavy atom. The van der Waals surface area contributed by atoms with Crippen LogP contribution in [0.15, 0.2) is 107 Å². The van der Waals surface area contributed by atoms with E-state index < -0.39 is 15.6 Å². The number of fused-ring (bicyclic) bond motifs is 2. The van der Waals surface area contributed by atoms with Crippen molar-refractivity contribution >= 4 is 37.7 Å². The molecule has 0 bridgehead atoms. The van der Waals surface area contributed by atoms with E-state index in [9.17, 15) is 18.0 Å². The number of hydrogen-bond donors (Lipinski definition) is 0. The molecule has 1 fully saturated rings. The number of carbonyl (C=O) groups is 1. The standard InChI is InChI=1S/C38H37N5O5S/c1-4-42-20-19-41(25-36(42)44)21-22-48-30-11-7-27(8-12-30)34-16-10-29-23-28(9-15-35(29)39-34)33-24-40(3)38(45)37-32(33)17-18-43(37)49(46,47)31-13-5-26(2)6-14-31/h5-18,23-24H,4,19-22,25H2,1-3H3. The van der Waals surface area contributed by atoms with Gasteiger partial charge in [-0.2, -0.15) is 0 Å². The van der Waals surface area contributed by atoms with Crippen molar-refractivity contribution in [1.29, 1.82) is 0 Å². The molecule has 1 amide bonds. The van der Waals surface area contributed by atoms with E-state index in [1.54, 1.807) is 43.6 Å². The maximum absolute atomic E-state index is 13.6. The number of aromatic nitrogens is 3. The summed E-state index contributed by atoms with van der Waals surface area (Å²) in [7, 11) is -2.36. The largest absolute Gasteiger partial charge is 0.492 e. The van der Waals surface area contributed by atoms with Crippen LogP contribution >= 0.6 is 0 Å². The molecule has 49 heavy (non-hydrogen) atoms. The molecule has 11 heteroatoms. The van der Waals surface area contributed by atoms with Gasteiger partial charge in [-0.05, 0) is 80.1 Å². The molecule has 0 radical (unpaired) electrons. The smallest absolute Gasteiger partial charge is 0.275 e. The minimum absolute atomic E-state index is 0.103. The molecule has 250 valence electrons. The zero-order valence-corrected chi connectivity index (χ0v) is 28.5. The van der Waals surface area contributed by atoms with Gasteiger partial charge in [0.05, 0.1) is 22.7 Å². The van der Waals surface area contributed by atoms with Crippen LogP contribution < -0.4 is 10.3 Å². The lowest BCUT2D eigenvalue weighted by atomic mass is 10.0. The molecule has 10 nitrogen and oxygen atoms in total. The van der Waals surface area contributed by atoms with Crippen LogP contribution in [-0.2, 0) is 21.9 Å². The first kappa shape index (κ1) is 32.3. The topological polar surface area (TPSA) is 107 Å². The van der Waals surface area contributed by atoms with Gasteiger partial charge in [0, 0.05) is 67.5 Å². The highest BCUT2D eigenvalue weighted by Crippen LogP contribution is 2.32. The predicted molar refractivity (Wildman–Crippen MR) is 191 cm³/mol. The van der Waals surface area contributed by atoms with Gasteiger partial charge in [-0.15, -0.1) is 0 Å². The Labute approximate surface area is 284 Å². The number of amides is 1. The fourth-order valence-corrected chi connectivity index (χ4v) is 7.68. The highest BCUT2D eigenvalue weighted by Gasteiger charge is 2.24. The minimum Gasteiger partial charge on any atom is -0.492 e. The van der Waals surface area contributed by atoms with Crippen LogP contribution in [0.2, 0.25) is 0 Å². The number of piperazine rings is 1. The summed E-state index contributed by atoms with van der Waals surface area (Å²) in [6.45, 7) is 7.91. The first-order chi connectivity index (χ1) is 23.6. The number of pyridine rings is 2. The summed E-state index contributed by atoms with van der Waals surface area (Å²) in [5.41, 5.74) is 4.81. The summed E-state index contributed by atoms with van der Waals surface area (Å²) >= 11 is 0. The third-order valence-corrected chi connectivity index (χ3v) is 10.9. The fourth-order valence-electron chi connectivity index (χ4n) is 6.34. The van der Waals surface area contributed by atoms with E-state index >= 15 is 0 Å². The summed E-state index contributed by atoms with van der Waals surface area (Å²) in [5, 5.41) is 1.46. The number of rotatable bonds is 9. The molecule has 1 aliphatic heterocycles. The molecule has 0 aliphatic carbocycles. The number of benzene rings is 3. The first-order valence-electron chi connectivity index (χ1n) is 16.3. The molecule has 7 rings (SSSR count). The molecule has 1 aliphatic rings. The van der Waals surface area contributed by atoms with E-state index in [-0.39, 0.29) is 16.3 Å². The normalized spacial score (nSPS) is 14.2. The second kappa shape index (κ2) is 13.0. The predicted octanol–water partition coefficient (Wildman–Crippen LogP) is 5.31. The van der Waals surface area contributed by atoms with Crippen molar-refractivity contribution in [3.8, 4) is 28.1 Å². The molecule has 6 aromatic rings. The molecule has 0 N–H and O–H groups in total. The van der Waals surface area contributed by atoms with Gasteiger partial charge >= 0.3 is 0 Å². The molecular formula is C38H37N5O5S. The molecule has 0 saturated carbocycles. The summed E-state index contributed by atoms with van der Waals surface area (Å²) in [6, 6.07) is 26.0. The van der Waals surface area contributed by atoms with Crippen LogP contribution in [0.1, 0.15) is 12.5 Å². The van der Waals surface area contributed by atoms with Gasteiger partial charge in [0.2, 0.25) is 5.91 Å². The van der Waals surface area contributed by atoms with Gasteiger partial charge in [-0.1, -0.05) is 29.8 Å². The second-order valence-corrected chi connectivity index (χ2v) is 14.2. The number of aryl methyl sites for hydroxylation is 2. The molecule has 3 aromatic carbocycles. The molecule has 4 heterocycles. The Kier molecular flexibility index (Phi) is 8.56. The third kappa shape index (κ3) is 6.23. The van der Waals surface area contributed by atoms with E-state index in [1.807, 2.05) is 73.3 Å². The lowest BCUT2D eigenvalue weighted by molar-refractivity contribution is -0.135. The van der Waals surface area contributed by atoms with Gasteiger partial charge in [-0.3, -0.25) is 14.5 Å². The summed E-state index contributed by atoms with van der Waals surface area (Å²) in [5.74, 6) is 0.931. The number of ether oxygens (including phenoxy) is 1. The average molecular weight is 676 g/mol. The van der Waals surface area contributed by atoms with E-state index in [1.165, 1.54) is 10.8 Å². The van der Waals surface area contributed by atoms with Crippen LogP contribution in [0.4, 0.5) is 0 Å². The average Bonchev–Trinajstić information content (AvgIpc) is 3.57. The maximum Gasteiger partial charge on any atom is 0.275 e. The van der Waals surface area contributed by atoms with Gasteiger partial charge < -0.3 is 14.2 Å². The molecule has 0 atom stereocenters. The van der Waals surface area contributed by atoms with Crippen molar-refractivity contribution < 1.29 is 17.9 Å². The summed E-state index contributed by atoms with van der Waals surface area (Å²) in [6.07, 6.45) is 3.19. The lowest BCUT2D eigenvalue weighted by Gasteiger charge is -2.33. The Morgan fingerprint density at radius 3 is 2.37 bits per heavy atom. The van der Waals surface area contributed by atoms with Crippen molar-refractivity contribution in [2.45, 2.75) is 18.7 Å². The summed E-state index contributed by atoms with van der Waals surface area (Å²) < 4.78 is 35.7. The number of hydrogen-bond acceptors (Lipinski definition) is 7. The van der Waals surface area contributed by atoms with Gasteiger partial charge in [0.1, 0.15) is 17.9 Å². The zero-order valence-electron chi connectivity index (χ0n) is 27.7. The van der Waals surface area contributed by atoms with Gasteiger partial charge in [0.15, 0.2) is 0 Å². The van der Waals surface area contributed by atoms with Crippen molar-refractivity contribution in [2.24, 2.45) is 7.05 Å². The van der Waals surface area contributed by atoms with Gasteiger partial charge in [0.25, 0.3) is 15.6 Å². The third-order valence-electron chi connectivity index (χ3n) is 9.17. The molecule has 3 aromatic heterocycles. The maximum atomic E-state index is 13.6. The fraction of sp³-hybridized carbons (Fsp3) is 0.237. The van der Waals surface area contributed by atoms with Gasteiger partial charge in [-0.25, -0.2) is 17.4 Å². The van der Waals surface area contributed by atoms with Crippen LogP contribution in [0.25, 0.3) is 44.2 Å². The lowest BCUT2D eigenvalue weighted by Crippen LogP contribution is -2.50. The van der Waals surface area contributed by atoms with Crippen molar-refractivity contribution in [2.75, 3.05) is 39.3 Å².